The van der Waals surface area contributed by atoms with Crippen LogP contribution >= 0.6 is 11.6 Å². The van der Waals surface area contributed by atoms with Gasteiger partial charge in [-0.3, -0.25) is 14.3 Å². The van der Waals surface area contributed by atoms with Crippen molar-refractivity contribution in [2.45, 2.75) is 19.8 Å². The third-order valence-corrected chi connectivity index (χ3v) is 5.45. The molecule has 1 aliphatic rings. The van der Waals surface area contributed by atoms with Gasteiger partial charge < -0.3 is 15.4 Å². The minimum absolute atomic E-state index is 0.0175. The fourth-order valence-corrected chi connectivity index (χ4v) is 3.53. The average Bonchev–Trinajstić information content (AvgIpc) is 3.46. The molecule has 0 bridgehead atoms. The molecule has 2 amide bonds. The molecule has 1 fully saturated rings. The van der Waals surface area contributed by atoms with Gasteiger partial charge in [0.05, 0.1) is 11.2 Å². The standard InChI is InChI=1S/C22H20ClN7O3/c1-12-3-6-14(9-16(12)24-22(32)20-15(23)10-29(2)28-20)33-19-8-7-18-25-17(11-30(18)27-19)26-21(31)13-4-5-13/h3,6-11,13H,4-5H2,1-2H3,(H,24,32)(H,26,31). The first-order valence-electron chi connectivity index (χ1n) is 10.3. The van der Waals surface area contributed by atoms with E-state index in [-0.39, 0.29) is 22.5 Å². The summed E-state index contributed by atoms with van der Waals surface area (Å²) in [5, 5.41) is 14.4. The molecule has 11 heteroatoms. The summed E-state index contributed by atoms with van der Waals surface area (Å²) >= 11 is 6.07. The van der Waals surface area contributed by atoms with E-state index in [0.717, 1.165) is 18.4 Å². The summed E-state index contributed by atoms with van der Waals surface area (Å²) in [5.74, 6) is 0.915. The molecule has 1 aliphatic carbocycles. The van der Waals surface area contributed by atoms with Crippen LogP contribution in [0.4, 0.5) is 11.5 Å². The second-order valence-corrected chi connectivity index (χ2v) is 8.30. The molecule has 10 nitrogen and oxygen atoms in total. The van der Waals surface area contributed by atoms with E-state index < -0.39 is 5.91 Å². The van der Waals surface area contributed by atoms with Crippen LogP contribution in [0.5, 0.6) is 11.6 Å². The summed E-state index contributed by atoms with van der Waals surface area (Å²) in [6.45, 7) is 1.87. The Morgan fingerprint density at radius 3 is 2.67 bits per heavy atom. The number of imidazole rings is 1. The van der Waals surface area contributed by atoms with Crippen LogP contribution in [0, 0.1) is 12.8 Å². The molecule has 33 heavy (non-hydrogen) atoms. The lowest BCUT2D eigenvalue weighted by Gasteiger charge is -2.11. The normalized spacial score (nSPS) is 13.2. The lowest BCUT2D eigenvalue weighted by atomic mass is 10.2. The van der Waals surface area contributed by atoms with Gasteiger partial charge in [0.2, 0.25) is 11.8 Å². The number of amides is 2. The first kappa shape index (κ1) is 21.0. The number of hydrogen-bond acceptors (Lipinski definition) is 6. The summed E-state index contributed by atoms with van der Waals surface area (Å²) in [4.78, 5) is 28.9. The molecule has 2 N–H and O–H groups in total. The molecular weight excluding hydrogens is 446 g/mol. The number of rotatable bonds is 6. The number of carbonyl (C=O) groups is 2. The van der Waals surface area contributed by atoms with Gasteiger partial charge in [-0.2, -0.15) is 5.10 Å². The summed E-state index contributed by atoms with van der Waals surface area (Å²) in [6.07, 6.45) is 5.04. The minimum Gasteiger partial charge on any atom is -0.438 e. The Hall–Kier alpha value is -3.92. The Morgan fingerprint density at radius 2 is 1.94 bits per heavy atom. The van der Waals surface area contributed by atoms with E-state index in [1.807, 2.05) is 13.0 Å². The highest BCUT2D eigenvalue weighted by Crippen LogP contribution is 2.30. The molecule has 0 aliphatic heterocycles. The number of halogens is 1. The van der Waals surface area contributed by atoms with Crippen molar-refractivity contribution in [2.75, 3.05) is 10.6 Å². The van der Waals surface area contributed by atoms with E-state index in [4.69, 9.17) is 16.3 Å². The van der Waals surface area contributed by atoms with Crippen LogP contribution in [-0.2, 0) is 11.8 Å². The Balaban J connectivity index is 1.32. The van der Waals surface area contributed by atoms with Gasteiger partial charge >= 0.3 is 0 Å². The molecule has 0 spiro atoms. The lowest BCUT2D eigenvalue weighted by molar-refractivity contribution is -0.117. The van der Waals surface area contributed by atoms with Crippen LogP contribution in [0.2, 0.25) is 5.02 Å². The van der Waals surface area contributed by atoms with Gasteiger partial charge in [0.25, 0.3) is 5.91 Å². The summed E-state index contributed by atoms with van der Waals surface area (Å²) in [5.41, 5.74) is 2.13. The van der Waals surface area contributed by atoms with E-state index in [2.05, 4.69) is 25.8 Å². The van der Waals surface area contributed by atoms with Crippen molar-refractivity contribution in [2.24, 2.45) is 13.0 Å². The van der Waals surface area contributed by atoms with Crippen LogP contribution in [0.1, 0.15) is 28.9 Å². The minimum atomic E-state index is -0.417. The van der Waals surface area contributed by atoms with Gasteiger partial charge in [-0.05, 0) is 37.5 Å². The molecule has 1 saturated carbocycles. The molecule has 3 heterocycles. The fraction of sp³-hybridized carbons (Fsp3) is 0.227. The molecule has 5 rings (SSSR count). The van der Waals surface area contributed by atoms with Crippen LogP contribution < -0.4 is 15.4 Å². The van der Waals surface area contributed by atoms with Crippen LogP contribution in [-0.4, -0.2) is 36.2 Å². The summed E-state index contributed by atoms with van der Waals surface area (Å²) in [7, 11) is 1.69. The number of fused-ring (bicyclic) bond motifs is 1. The molecule has 0 saturated heterocycles. The maximum atomic E-state index is 12.6. The van der Waals surface area contributed by atoms with Crippen LogP contribution in [0.15, 0.2) is 42.7 Å². The van der Waals surface area contributed by atoms with E-state index in [1.54, 1.807) is 43.7 Å². The fourth-order valence-electron chi connectivity index (χ4n) is 3.27. The molecule has 0 radical (unpaired) electrons. The first-order chi connectivity index (χ1) is 15.9. The molecule has 4 aromatic rings. The lowest BCUT2D eigenvalue weighted by Crippen LogP contribution is -2.14. The predicted octanol–water partition coefficient (Wildman–Crippen LogP) is 3.82. The second-order valence-electron chi connectivity index (χ2n) is 7.90. The van der Waals surface area contributed by atoms with E-state index >= 15 is 0 Å². The van der Waals surface area contributed by atoms with Crippen molar-refractivity contribution in [3.05, 3.63) is 59.0 Å². The summed E-state index contributed by atoms with van der Waals surface area (Å²) < 4.78 is 8.91. The third kappa shape index (κ3) is 4.51. The Bertz CT molecular complexity index is 1390. The maximum absolute atomic E-state index is 12.6. The Morgan fingerprint density at radius 1 is 1.12 bits per heavy atom. The van der Waals surface area contributed by atoms with Crippen molar-refractivity contribution in [1.82, 2.24) is 24.4 Å². The zero-order valence-corrected chi connectivity index (χ0v) is 18.6. The number of aromatic nitrogens is 5. The number of hydrogen-bond donors (Lipinski definition) is 2. The van der Waals surface area contributed by atoms with Crippen LogP contribution in [0.25, 0.3) is 5.65 Å². The number of carbonyl (C=O) groups excluding carboxylic acids is 2. The first-order valence-corrected chi connectivity index (χ1v) is 10.7. The maximum Gasteiger partial charge on any atom is 0.277 e. The number of nitrogens with zero attached hydrogens (tertiary/aromatic N) is 5. The monoisotopic (exact) mass is 465 g/mol. The second kappa shape index (κ2) is 8.21. The van der Waals surface area contributed by atoms with E-state index in [9.17, 15) is 9.59 Å². The number of benzene rings is 1. The van der Waals surface area contributed by atoms with Crippen molar-refractivity contribution in [3.63, 3.8) is 0 Å². The van der Waals surface area contributed by atoms with Gasteiger partial charge in [-0.15, -0.1) is 5.10 Å². The van der Waals surface area contributed by atoms with Gasteiger partial charge in [0.1, 0.15) is 5.75 Å². The van der Waals surface area contributed by atoms with Crippen molar-refractivity contribution in [1.29, 1.82) is 0 Å². The highest BCUT2D eigenvalue weighted by atomic mass is 35.5. The Kier molecular flexibility index (Phi) is 5.21. The molecule has 168 valence electrons. The van der Waals surface area contributed by atoms with Crippen molar-refractivity contribution >= 4 is 40.6 Å². The smallest absolute Gasteiger partial charge is 0.277 e. The number of anilines is 2. The molecule has 0 unspecified atom stereocenters. The average molecular weight is 466 g/mol. The highest BCUT2D eigenvalue weighted by Gasteiger charge is 2.30. The molecular formula is C22H20ClN7O3. The highest BCUT2D eigenvalue weighted by molar-refractivity contribution is 6.34. The molecule has 0 atom stereocenters. The van der Waals surface area contributed by atoms with Crippen molar-refractivity contribution < 1.29 is 14.3 Å². The SMILES string of the molecule is Cc1ccc(Oc2ccc3nc(NC(=O)C4CC4)cn3n2)cc1NC(=O)c1nn(C)cc1Cl. The zero-order chi connectivity index (χ0) is 23.1. The molecule has 1 aromatic carbocycles. The van der Waals surface area contributed by atoms with Gasteiger partial charge in [-0.25, -0.2) is 9.50 Å². The Labute approximate surface area is 193 Å². The van der Waals surface area contributed by atoms with E-state index in [0.29, 0.717) is 28.8 Å². The number of nitrogens with one attached hydrogen (secondary N) is 2. The van der Waals surface area contributed by atoms with Crippen molar-refractivity contribution in [3.8, 4) is 11.6 Å². The quantitative estimate of drug-likeness (QED) is 0.447. The van der Waals surface area contributed by atoms with E-state index in [1.165, 1.54) is 9.20 Å². The van der Waals surface area contributed by atoms with Gasteiger partial charge in [0, 0.05) is 37.0 Å². The largest absolute Gasteiger partial charge is 0.438 e. The van der Waals surface area contributed by atoms with Crippen LogP contribution in [0.3, 0.4) is 0 Å². The number of aryl methyl sites for hydroxylation is 2. The molecule has 3 aromatic heterocycles. The summed E-state index contributed by atoms with van der Waals surface area (Å²) in [6, 6.07) is 8.73. The zero-order valence-electron chi connectivity index (χ0n) is 17.9. The topological polar surface area (TPSA) is 115 Å². The van der Waals surface area contributed by atoms with Gasteiger partial charge in [-0.1, -0.05) is 17.7 Å². The number of ether oxygens (including phenoxy) is 1. The third-order valence-electron chi connectivity index (χ3n) is 5.17. The predicted molar refractivity (Wildman–Crippen MR) is 122 cm³/mol. The van der Waals surface area contributed by atoms with Gasteiger partial charge in [0.15, 0.2) is 17.2 Å².